The number of hydrogen-bond acceptors (Lipinski definition) is 4. The molecule has 0 unspecified atom stereocenters. The molecule has 24 heavy (non-hydrogen) atoms. The second kappa shape index (κ2) is 9.47. The Morgan fingerprint density at radius 1 is 1.00 bits per heavy atom. The fourth-order valence-corrected chi connectivity index (χ4v) is 4.38. The van der Waals surface area contributed by atoms with Gasteiger partial charge in [0.2, 0.25) is 10.0 Å². The number of nitrogens with one attached hydrogen (secondary N) is 2. The van der Waals surface area contributed by atoms with Crippen LogP contribution in [-0.4, -0.2) is 41.3 Å². The van der Waals surface area contributed by atoms with Crippen molar-refractivity contribution in [1.29, 1.82) is 0 Å². The maximum absolute atomic E-state index is 12.4. The van der Waals surface area contributed by atoms with Gasteiger partial charge in [0, 0.05) is 19.6 Å². The van der Waals surface area contributed by atoms with Gasteiger partial charge < -0.3 is 0 Å². The van der Waals surface area contributed by atoms with E-state index in [4.69, 9.17) is 0 Å². The van der Waals surface area contributed by atoms with Crippen LogP contribution in [0.25, 0.3) is 0 Å². The molecule has 0 radical (unpaired) electrons. The van der Waals surface area contributed by atoms with Gasteiger partial charge in [0.15, 0.2) is 0 Å². The van der Waals surface area contributed by atoms with E-state index in [0.29, 0.717) is 18.7 Å². The van der Waals surface area contributed by atoms with Crippen LogP contribution in [0, 0.1) is 0 Å². The average Bonchev–Trinajstić information content (AvgIpc) is 2.53. The zero-order valence-corrected chi connectivity index (χ0v) is 16.1. The number of benzene rings is 1. The summed E-state index contributed by atoms with van der Waals surface area (Å²) in [5.41, 5.74) is 1.33. The normalized spacial score (nSPS) is 12.7. The van der Waals surface area contributed by atoms with E-state index in [-0.39, 0.29) is 12.3 Å². The summed E-state index contributed by atoms with van der Waals surface area (Å²) in [5, 5.41) is 0. The molecule has 0 aromatic heterocycles. The Labute approximate surface area is 145 Å². The third kappa shape index (κ3) is 6.86. The molecule has 9 heteroatoms. The first-order valence-electron chi connectivity index (χ1n) is 7.97. The van der Waals surface area contributed by atoms with Gasteiger partial charge >= 0.3 is 0 Å². The summed E-state index contributed by atoms with van der Waals surface area (Å²) in [5.74, 6) is -0.137. The highest BCUT2D eigenvalue weighted by molar-refractivity contribution is 7.88. The van der Waals surface area contributed by atoms with Gasteiger partial charge in [-0.15, -0.1) is 0 Å². The van der Waals surface area contributed by atoms with E-state index in [1.165, 1.54) is 11.4 Å². The zero-order chi connectivity index (χ0) is 18.2. The fourth-order valence-electron chi connectivity index (χ4n) is 2.24. The predicted molar refractivity (Wildman–Crippen MR) is 96.0 cm³/mol. The molecule has 1 aromatic rings. The number of rotatable bonds is 11. The molecule has 0 heterocycles. The molecule has 138 valence electrons. The van der Waals surface area contributed by atoms with E-state index < -0.39 is 20.2 Å². The molecule has 0 bridgehead atoms. The van der Waals surface area contributed by atoms with Gasteiger partial charge in [-0.2, -0.15) is 17.4 Å². The van der Waals surface area contributed by atoms with Crippen LogP contribution < -0.4 is 9.44 Å². The molecule has 7 nitrogen and oxygen atoms in total. The van der Waals surface area contributed by atoms with E-state index in [2.05, 4.69) is 9.44 Å². The maximum atomic E-state index is 12.4. The van der Waals surface area contributed by atoms with Crippen molar-refractivity contribution >= 4 is 20.2 Å². The van der Waals surface area contributed by atoms with Gasteiger partial charge in [-0.1, -0.05) is 38.1 Å². The second-order valence-electron chi connectivity index (χ2n) is 5.51. The fraction of sp³-hybridized carbons (Fsp3) is 0.600. The van der Waals surface area contributed by atoms with Gasteiger partial charge in [0.05, 0.1) is 5.75 Å². The molecule has 0 saturated carbocycles. The van der Waals surface area contributed by atoms with Crippen molar-refractivity contribution in [3.63, 3.8) is 0 Å². The van der Waals surface area contributed by atoms with E-state index >= 15 is 0 Å². The molecule has 0 aliphatic rings. The van der Waals surface area contributed by atoms with Crippen molar-refractivity contribution in [3.05, 3.63) is 35.4 Å². The first-order valence-corrected chi connectivity index (χ1v) is 11.1. The molecule has 1 rings (SSSR count). The molecule has 0 aliphatic carbocycles. The topological polar surface area (TPSA) is 95.6 Å². The molecule has 0 aliphatic heterocycles. The maximum Gasteiger partial charge on any atom is 0.279 e. The smallest absolute Gasteiger partial charge is 0.218 e. The summed E-state index contributed by atoms with van der Waals surface area (Å²) >= 11 is 0. The minimum Gasteiger partial charge on any atom is -0.218 e. The minimum absolute atomic E-state index is 0.125. The number of hydrogen-bond donors (Lipinski definition) is 2. The van der Waals surface area contributed by atoms with Crippen molar-refractivity contribution in [2.45, 2.75) is 39.0 Å². The quantitative estimate of drug-likeness (QED) is 0.605. The monoisotopic (exact) mass is 377 g/mol. The van der Waals surface area contributed by atoms with Crippen LogP contribution in [0.4, 0.5) is 0 Å². The summed E-state index contributed by atoms with van der Waals surface area (Å²) in [4.78, 5) is 0. The first-order chi connectivity index (χ1) is 11.2. The van der Waals surface area contributed by atoms with E-state index in [1.807, 2.05) is 13.8 Å². The van der Waals surface area contributed by atoms with Crippen LogP contribution in [0.3, 0.4) is 0 Å². The van der Waals surface area contributed by atoms with Crippen molar-refractivity contribution in [2.24, 2.45) is 0 Å². The van der Waals surface area contributed by atoms with E-state index in [0.717, 1.165) is 18.4 Å². The van der Waals surface area contributed by atoms with Crippen LogP contribution in [0.5, 0.6) is 0 Å². The van der Waals surface area contributed by atoms with Crippen LogP contribution in [-0.2, 0) is 32.5 Å². The predicted octanol–water partition coefficient (Wildman–Crippen LogP) is 1.19. The Bertz CT molecular complexity index is 712. The first kappa shape index (κ1) is 21.0. The Morgan fingerprint density at radius 3 is 2.12 bits per heavy atom. The molecular weight excluding hydrogens is 350 g/mol. The summed E-state index contributed by atoms with van der Waals surface area (Å²) < 4.78 is 54.2. The van der Waals surface area contributed by atoms with E-state index in [1.54, 1.807) is 24.3 Å². The Kier molecular flexibility index (Phi) is 8.31. The zero-order valence-electron chi connectivity index (χ0n) is 14.4. The molecule has 0 saturated heterocycles. The highest BCUT2D eigenvalue weighted by Crippen LogP contribution is 2.10. The molecule has 0 amide bonds. The highest BCUT2D eigenvalue weighted by atomic mass is 32.2. The van der Waals surface area contributed by atoms with Gasteiger partial charge in [0.25, 0.3) is 10.2 Å². The molecule has 0 atom stereocenters. The summed E-state index contributed by atoms with van der Waals surface area (Å²) in [6, 6.07) is 6.89. The standard InChI is InChI=1S/C15H27N3O4S2/c1-4-9-18(10-5-2)24(21,22)17-12-14-7-6-8-15(11-14)13-23(19,20)16-3/h6-8,11,16-17H,4-5,9-10,12-13H2,1-3H3. The van der Waals surface area contributed by atoms with Crippen molar-refractivity contribution in [2.75, 3.05) is 20.1 Å². The lowest BCUT2D eigenvalue weighted by atomic mass is 10.1. The lowest BCUT2D eigenvalue weighted by Crippen LogP contribution is -2.41. The highest BCUT2D eigenvalue weighted by Gasteiger charge is 2.19. The summed E-state index contributed by atoms with van der Waals surface area (Å²) in [6.45, 7) is 4.95. The Hall–Kier alpha value is -1.00. The van der Waals surface area contributed by atoms with Crippen LogP contribution in [0.1, 0.15) is 37.8 Å². The molecule has 0 spiro atoms. The van der Waals surface area contributed by atoms with Crippen LogP contribution in [0.15, 0.2) is 24.3 Å². The van der Waals surface area contributed by atoms with Gasteiger partial charge in [-0.25, -0.2) is 13.1 Å². The molecule has 1 aromatic carbocycles. The second-order valence-corrected chi connectivity index (χ2v) is 9.19. The summed E-state index contributed by atoms with van der Waals surface area (Å²) in [6.07, 6.45) is 1.50. The molecular formula is C15H27N3O4S2. The lowest BCUT2D eigenvalue weighted by molar-refractivity contribution is 0.401. The third-order valence-electron chi connectivity index (χ3n) is 3.40. The van der Waals surface area contributed by atoms with Gasteiger partial charge in [-0.3, -0.25) is 0 Å². The van der Waals surface area contributed by atoms with Crippen LogP contribution >= 0.6 is 0 Å². The molecule has 0 fully saturated rings. The number of nitrogens with zero attached hydrogens (tertiary/aromatic N) is 1. The SMILES string of the molecule is CCCN(CCC)S(=O)(=O)NCc1cccc(CS(=O)(=O)NC)c1. The average molecular weight is 378 g/mol. The van der Waals surface area contributed by atoms with Crippen LogP contribution in [0.2, 0.25) is 0 Å². The summed E-state index contributed by atoms with van der Waals surface area (Å²) in [7, 11) is -5.54. The Balaban J connectivity index is 2.79. The minimum atomic E-state index is -3.54. The van der Waals surface area contributed by atoms with Gasteiger partial charge in [-0.05, 0) is 31.0 Å². The Morgan fingerprint density at radius 2 is 1.58 bits per heavy atom. The van der Waals surface area contributed by atoms with Crippen molar-refractivity contribution < 1.29 is 16.8 Å². The number of sulfonamides is 1. The van der Waals surface area contributed by atoms with Crippen molar-refractivity contribution in [1.82, 2.24) is 13.7 Å². The van der Waals surface area contributed by atoms with Crippen molar-refractivity contribution in [3.8, 4) is 0 Å². The lowest BCUT2D eigenvalue weighted by Gasteiger charge is -2.21. The van der Waals surface area contributed by atoms with Gasteiger partial charge in [0.1, 0.15) is 0 Å². The van der Waals surface area contributed by atoms with E-state index in [9.17, 15) is 16.8 Å². The third-order valence-corrected chi connectivity index (χ3v) is 6.29. The largest absolute Gasteiger partial charge is 0.279 e. The molecule has 2 N–H and O–H groups in total.